The van der Waals surface area contributed by atoms with E-state index in [0.29, 0.717) is 0 Å². The zero-order chi connectivity index (χ0) is 28.9. The molecule has 1 aliphatic heterocycles. The van der Waals surface area contributed by atoms with Crippen molar-refractivity contribution in [1.29, 1.82) is 0 Å². The molecule has 2 aromatic rings. The van der Waals surface area contributed by atoms with Crippen molar-refractivity contribution in [2.75, 3.05) is 26.3 Å². The van der Waals surface area contributed by atoms with E-state index in [0.717, 1.165) is 18.1 Å². The van der Waals surface area contributed by atoms with Crippen molar-refractivity contribution in [3.05, 3.63) is 71.8 Å². The number of aliphatic imine (C=N–C) groups is 2. The van der Waals surface area contributed by atoms with Gasteiger partial charge in [0.2, 0.25) is 0 Å². The van der Waals surface area contributed by atoms with Gasteiger partial charge in [0, 0.05) is 19.4 Å². The molecule has 0 aliphatic carbocycles. The zero-order valence-corrected chi connectivity index (χ0v) is 22.0. The molecular weight excluding hydrogens is 524 g/mol. The fourth-order valence-corrected chi connectivity index (χ4v) is 4.00. The first-order valence-electron chi connectivity index (χ1n) is 12.8. The second-order valence-corrected chi connectivity index (χ2v) is 9.08. The van der Waals surface area contributed by atoms with Crippen LogP contribution in [0, 0.1) is 0 Å². The van der Waals surface area contributed by atoms with Crippen molar-refractivity contribution in [3.8, 4) is 0 Å². The highest BCUT2D eigenvalue weighted by Gasteiger charge is 2.48. The predicted octanol–water partition coefficient (Wildman–Crippen LogP) is -0.324. The van der Waals surface area contributed by atoms with Crippen LogP contribution in [0.4, 0.5) is 0 Å². The highest BCUT2D eigenvalue weighted by atomic mass is 16.7. The lowest BCUT2D eigenvalue weighted by Gasteiger charge is -2.42. The number of benzene rings is 2. The first-order valence-corrected chi connectivity index (χ1v) is 12.8. The molecule has 0 unspecified atom stereocenters. The number of carbonyl (C=O) groups is 1. The lowest BCUT2D eigenvalue weighted by Crippen LogP contribution is -2.61. The summed E-state index contributed by atoms with van der Waals surface area (Å²) in [6, 6.07) is 18.4. The molecule has 0 amide bonds. The SMILES string of the molecule is CC(=O)O[C@@H]1[C@@H](O)[C@H](CO)O[C@H](O[C@@H](CN=Cc2ccccc2)[C@@H](CO)O[C@H](O)CN=Cc2ccccc2)[C@@H]1O. The van der Waals surface area contributed by atoms with E-state index in [1.165, 1.54) is 0 Å². The van der Waals surface area contributed by atoms with Crippen LogP contribution >= 0.6 is 0 Å². The van der Waals surface area contributed by atoms with E-state index in [-0.39, 0.29) is 13.1 Å². The number of ether oxygens (including phenoxy) is 4. The Morgan fingerprint density at radius 2 is 1.50 bits per heavy atom. The molecule has 2 aromatic carbocycles. The molecule has 1 saturated heterocycles. The van der Waals surface area contributed by atoms with E-state index in [1.807, 2.05) is 60.7 Å². The van der Waals surface area contributed by atoms with Gasteiger partial charge in [-0.05, 0) is 11.1 Å². The summed E-state index contributed by atoms with van der Waals surface area (Å²) in [6.45, 7) is -0.386. The van der Waals surface area contributed by atoms with Gasteiger partial charge in [-0.1, -0.05) is 60.7 Å². The van der Waals surface area contributed by atoms with Crippen molar-refractivity contribution >= 4 is 18.4 Å². The summed E-state index contributed by atoms with van der Waals surface area (Å²) in [4.78, 5) is 20.1. The first-order chi connectivity index (χ1) is 19.3. The Morgan fingerprint density at radius 3 is 2.02 bits per heavy atom. The summed E-state index contributed by atoms with van der Waals surface area (Å²) in [7, 11) is 0. The summed E-state index contributed by atoms with van der Waals surface area (Å²) in [5, 5.41) is 51.4. The Bertz CT molecular complexity index is 1070. The highest BCUT2D eigenvalue weighted by Crippen LogP contribution is 2.26. The molecule has 1 fully saturated rings. The van der Waals surface area contributed by atoms with E-state index in [2.05, 4.69) is 9.98 Å². The van der Waals surface area contributed by atoms with Crippen molar-refractivity contribution in [2.24, 2.45) is 9.98 Å². The summed E-state index contributed by atoms with van der Waals surface area (Å²) in [6.07, 6.45) is -7.89. The quantitative estimate of drug-likeness (QED) is 0.117. The lowest BCUT2D eigenvalue weighted by molar-refractivity contribution is -0.322. The number of nitrogens with zero attached hydrogens (tertiary/aromatic N) is 2. The van der Waals surface area contributed by atoms with Crippen LogP contribution in [-0.2, 0) is 23.7 Å². The summed E-state index contributed by atoms with van der Waals surface area (Å²) in [5.41, 5.74) is 1.63. The summed E-state index contributed by atoms with van der Waals surface area (Å²) in [5.74, 6) is -0.764. The smallest absolute Gasteiger partial charge is 0.303 e. The Balaban J connectivity index is 1.75. The van der Waals surface area contributed by atoms with Crippen molar-refractivity contribution in [1.82, 2.24) is 0 Å². The van der Waals surface area contributed by atoms with Crippen molar-refractivity contribution in [2.45, 2.75) is 56.1 Å². The summed E-state index contributed by atoms with van der Waals surface area (Å²) >= 11 is 0. The molecule has 0 radical (unpaired) electrons. The standard InChI is InChI=1S/C28H36N2O10/c1-18(33)37-27-25(35)23(17-32)40-28(26(27)36)39-21(14-29-12-19-8-4-2-5-9-19)22(16-31)38-24(34)15-30-13-20-10-6-3-7-11-20/h2-13,21-28,31-32,34-36H,14-17H2,1H3/t21-,22+,23-,24-,25-,26+,27+,28-/m0/s1. The highest BCUT2D eigenvalue weighted by molar-refractivity contribution is 5.79. The third-order valence-electron chi connectivity index (χ3n) is 5.99. The van der Waals surface area contributed by atoms with Gasteiger partial charge in [-0.2, -0.15) is 0 Å². The Hall–Kier alpha value is -3.07. The van der Waals surface area contributed by atoms with Gasteiger partial charge in [-0.15, -0.1) is 0 Å². The molecule has 12 heteroatoms. The number of rotatable bonds is 14. The van der Waals surface area contributed by atoms with E-state index >= 15 is 0 Å². The van der Waals surface area contributed by atoms with Gasteiger partial charge in [0.05, 0.1) is 26.3 Å². The normalized spacial score (nSPS) is 25.6. The average molecular weight is 561 g/mol. The lowest BCUT2D eigenvalue weighted by atomic mass is 9.99. The molecular formula is C28H36N2O10. The number of carbonyl (C=O) groups excluding carboxylic acids is 1. The van der Waals surface area contributed by atoms with Crippen LogP contribution in [0.2, 0.25) is 0 Å². The average Bonchev–Trinajstić information content (AvgIpc) is 2.95. The molecule has 3 rings (SSSR count). The van der Waals surface area contributed by atoms with Crippen LogP contribution in [0.25, 0.3) is 0 Å². The largest absolute Gasteiger partial charge is 0.457 e. The fourth-order valence-electron chi connectivity index (χ4n) is 4.00. The van der Waals surface area contributed by atoms with Gasteiger partial charge in [-0.25, -0.2) is 0 Å². The Kier molecular flexibility index (Phi) is 12.8. The molecule has 5 N–H and O–H groups in total. The minimum absolute atomic E-state index is 0.0999. The van der Waals surface area contributed by atoms with Crippen molar-refractivity contribution < 1.29 is 49.3 Å². The Labute approximate surface area is 232 Å². The minimum atomic E-state index is -1.65. The number of aliphatic hydroxyl groups excluding tert-OH is 5. The summed E-state index contributed by atoms with van der Waals surface area (Å²) < 4.78 is 22.1. The molecule has 0 spiro atoms. The van der Waals surface area contributed by atoms with Crippen LogP contribution in [0.3, 0.4) is 0 Å². The molecule has 0 aromatic heterocycles. The molecule has 1 aliphatic rings. The van der Waals surface area contributed by atoms with Gasteiger partial charge >= 0.3 is 5.97 Å². The molecule has 1 heterocycles. The van der Waals surface area contributed by atoms with Gasteiger partial charge in [0.25, 0.3) is 0 Å². The topological polar surface area (TPSA) is 180 Å². The van der Waals surface area contributed by atoms with Crippen molar-refractivity contribution in [3.63, 3.8) is 0 Å². The predicted molar refractivity (Wildman–Crippen MR) is 144 cm³/mol. The van der Waals surface area contributed by atoms with E-state index < -0.39 is 68.4 Å². The van der Waals surface area contributed by atoms with Crippen LogP contribution in [-0.4, -0.2) is 119 Å². The molecule has 40 heavy (non-hydrogen) atoms. The fraction of sp³-hybridized carbons (Fsp3) is 0.464. The van der Waals surface area contributed by atoms with E-state index in [9.17, 15) is 30.3 Å². The van der Waals surface area contributed by atoms with Gasteiger partial charge in [0.15, 0.2) is 18.7 Å². The second-order valence-electron chi connectivity index (χ2n) is 9.08. The van der Waals surface area contributed by atoms with Gasteiger partial charge in [-0.3, -0.25) is 14.8 Å². The molecule has 8 atom stereocenters. The minimum Gasteiger partial charge on any atom is -0.457 e. The van der Waals surface area contributed by atoms with Crippen LogP contribution in [0.5, 0.6) is 0 Å². The van der Waals surface area contributed by atoms with Gasteiger partial charge in [0.1, 0.15) is 30.5 Å². The molecule has 0 bridgehead atoms. The third-order valence-corrected chi connectivity index (χ3v) is 5.99. The number of aliphatic hydroxyl groups is 5. The zero-order valence-electron chi connectivity index (χ0n) is 22.0. The third kappa shape index (κ3) is 9.54. The monoisotopic (exact) mass is 560 g/mol. The van der Waals surface area contributed by atoms with E-state index in [4.69, 9.17) is 18.9 Å². The van der Waals surface area contributed by atoms with Gasteiger partial charge < -0.3 is 44.5 Å². The first kappa shape index (κ1) is 31.5. The second kappa shape index (κ2) is 16.3. The molecule has 12 nitrogen and oxygen atoms in total. The molecule has 0 saturated carbocycles. The number of hydrogen-bond acceptors (Lipinski definition) is 12. The maximum Gasteiger partial charge on any atom is 0.303 e. The van der Waals surface area contributed by atoms with Crippen LogP contribution in [0.15, 0.2) is 70.6 Å². The maximum atomic E-state index is 11.6. The van der Waals surface area contributed by atoms with Crippen LogP contribution < -0.4 is 0 Å². The van der Waals surface area contributed by atoms with E-state index in [1.54, 1.807) is 12.4 Å². The number of hydrogen-bond donors (Lipinski definition) is 5. The molecule has 218 valence electrons. The Morgan fingerprint density at radius 1 is 0.925 bits per heavy atom. The van der Waals surface area contributed by atoms with Crippen LogP contribution in [0.1, 0.15) is 18.1 Å². The number of esters is 1. The maximum absolute atomic E-state index is 11.6.